The largest absolute Gasteiger partial charge is 0.480 e. The molecule has 0 radical (unpaired) electrons. The number of anilines is 2. The summed E-state index contributed by atoms with van der Waals surface area (Å²) < 4.78 is 29.5. The fraction of sp³-hybridized carbons (Fsp3) is 0.118. The molecule has 9 N–H and O–H groups in total. The van der Waals surface area contributed by atoms with Crippen LogP contribution in [-0.4, -0.2) is 53.7 Å². The summed E-state index contributed by atoms with van der Waals surface area (Å²) in [6.45, 7) is -0.314. The topological polar surface area (TPSA) is 222 Å². The van der Waals surface area contributed by atoms with Crippen LogP contribution in [0, 0.1) is 0 Å². The number of aliphatic carboxylic acids is 1. The number of nitrogens with one attached hydrogen (secondary N) is 2. The highest BCUT2D eigenvalue weighted by molar-refractivity contribution is 7.85. The van der Waals surface area contributed by atoms with E-state index in [1.807, 2.05) is 0 Å². The number of carboxylic acid groups (broad SMARTS) is 2. The summed E-state index contributed by atoms with van der Waals surface area (Å²) in [5.41, 5.74) is 10.5. The Morgan fingerprint density at radius 2 is 1.72 bits per heavy atom. The van der Waals surface area contributed by atoms with Gasteiger partial charge in [-0.05, 0) is 30.3 Å². The number of hydrogen-bond donors (Lipinski definition) is 7. The summed E-state index contributed by atoms with van der Waals surface area (Å²) in [5.74, 6) is -2.58. The second kappa shape index (κ2) is 11.5. The minimum absolute atomic E-state index is 0.0250. The lowest BCUT2D eigenvalue weighted by atomic mass is 10.2. The first-order valence-electron chi connectivity index (χ1n) is 8.31. The highest BCUT2D eigenvalue weighted by atomic mass is 35.5. The third kappa shape index (κ3) is 8.56. The van der Waals surface area contributed by atoms with Gasteiger partial charge < -0.3 is 32.3 Å². The molecule has 0 fully saturated rings. The number of hydrogen-bond acceptors (Lipinski definition) is 7. The first-order valence-corrected chi connectivity index (χ1v) is 10.5. The van der Waals surface area contributed by atoms with E-state index in [9.17, 15) is 22.8 Å². The van der Waals surface area contributed by atoms with Crippen molar-refractivity contribution in [2.45, 2.75) is 10.9 Å². The Hall–Kier alpha value is -3.10. The molecule has 0 aromatic heterocycles. The molecule has 0 bridgehead atoms. The van der Waals surface area contributed by atoms with E-state index >= 15 is 0 Å². The van der Waals surface area contributed by atoms with E-state index in [0.29, 0.717) is 5.69 Å². The van der Waals surface area contributed by atoms with Gasteiger partial charge in [0.05, 0.1) is 21.2 Å². The Labute approximate surface area is 191 Å². The molecule has 15 heteroatoms. The summed E-state index contributed by atoms with van der Waals surface area (Å²) in [6.07, 6.45) is 0. The van der Waals surface area contributed by atoms with Gasteiger partial charge in [-0.1, -0.05) is 29.3 Å². The number of nitrogen functional groups attached to an aromatic ring is 1. The Balaban J connectivity index is 0.000000389. The smallest absolute Gasteiger partial charge is 0.337 e. The Morgan fingerprint density at radius 3 is 2.19 bits per heavy atom. The predicted octanol–water partition coefficient (Wildman–Crippen LogP) is 1.74. The number of halogens is 2. The molecule has 2 aromatic rings. The number of benzene rings is 2. The van der Waals surface area contributed by atoms with Gasteiger partial charge in [-0.15, -0.1) is 0 Å². The SMILES string of the molecule is N[C@@H](CNC(=O)Nc1cc(Cl)cc(C(=O)O)c1Cl)C(=O)O.Nc1cccc(S(=O)(=O)O)c1. The average Bonchev–Trinajstić information content (AvgIpc) is 2.68. The van der Waals surface area contributed by atoms with E-state index in [2.05, 4.69) is 10.6 Å². The number of amides is 2. The van der Waals surface area contributed by atoms with Crippen LogP contribution in [0.4, 0.5) is 16.2 Å². The molecule has 2 amide bonds. The van der Waals surface area contributed by atoms with E-state index in [1.165, 1.54) is 30.3 Å². The Morgan fingerprint density at radius 1 is 1.09 bits per heavy atom. The lowest BCUT2D eigenvalue weighted by Gasteiger charge is -2.12. The van der Waals surface area contributed by atoms with Gasteiger partial charge in [-0.2, -0.15) is 8.42 Å². The van der Waals surface area contributed by atoms with Gasteiger partial charge in [-0.25, -0.2) is 9.59 Å². The zero-order valence-electron chi connectivity index (χ0n) is 16.0. The van der Waals surface area contributed by atoms with Crippen molar-refractivity contribution < 1.29 is 37.6 Å². The van der Waals surface area contributed by atoms with Crippen LogP contribution in [0.25, 0.3) is 0 Å². The summed E-state index contributed by atoms with van der Waals surface area (Å²) in [4.78, 5) is 32.8. The van der Waals surface area contributed by atoms with E-state index < -0.39 is 34.1 Å². The van der Waals surface area contributed by atoms with Crippen molar-refractivity contribution in [3.05, 3.63) is 52.0 Å². The minimum Gasteiger partial charge on any atom is -0.480 e. The summed E-state index contributed by atoms with van der Waals surface area (Å²) >= 11 is 11.6. The summed E-state index contributed by atoms with van der Waals surface area (Å²) in [7, 11) is -4.11. The molecule has 0 unspecified atom stereocenters. The number of carbonyl (C=O) groups excluding carboxylic acids is 1. The lowest BCUT2D eigenvalue weighted by Crippen LogP contribution is -2.43. The van der Waals surface area contributed by atoms with Crippen molar-refractivity contribution in [1.82, 2.24) is 5.32 Å². The van der Waals surface area contributed by atoms with Crippen LogP contribution in [0.15, 0.2) is 41.3 Å². The first-order chi connectivity index (χ1) is 14.7. The lowest BCUT2D eigenvalue weighted by molar-refractivity contribution is -0.138. The van der Waals surface area contributed by atoms with Crippen LogP contribution in [0.1, 0.15) is 10.4 Å². The van der Waals surface area contributed by atoms with Gasteiger partial charge in [0, 0.05) is 17.3 Å². The number of urea groups is 1. The van der Waals surface area contributed by atoms with Gasteiger partial charge in [-0.3, -0.25) is 9.35 Å². The van der Waals surface area contributed by atoms with E-state index in [1.54, 1.807) is 0 Å². The van der Waals surface area contributed by atoms with E-state index in [-0.39, 0.29) is 32.7 Å². The van der Waals surface area contributed by atoms with Crippen molar-refractivity contribution in [3.63, 3.8) is 0 Å². The van der Waals surface area contributed by atoms with Crippen molar-refractivity contribution >= 4 is 62.7 Å². The third-order valence-corrected chi connectivity index (χ3v) is 4.95. The van der Waals surface area contributed by atoms with Crippen molar-refractivity contribution in [2.75, 3.05) is 17.6 Å². The van der Waals surface area contributed by atoms with E-state index in [4.69, 9.17) is 49.4 Å². The van der Waals surface area contributed by atoms with Crippen molar-refractivity contribution in [1.29, 1.82) is 0 Å². The Kier molecular flexibility index (Phi) is 9.68. The van der Waals surface area contributed by atoms with Gasteiger partial charge in [0.25, 0.3) is 10.1 Å². The highest BCUT2D eigenvalue weighted by Gasteiger charge is 2.17. The molecule has 0 aliphatic rings. The fourth-order valence-electron chi connectivity index (χ4n) is 1.97. The maximum atomic E-state index is 11.6. The molecule has 1 atom stereocenters. The number of rotatable bonds is 6. The molecule has 2 aromatic carbocycles. The van der Waals surface area contributed by atoms with Crippen LogP contribution in [0.3, 0.4) is 0 Å². The number of aromatic carboxylic acids is 1. The van der Waals surface area contributed by atoms with Gasteiger partial charge in [0.1, 0.15) is 6.04 Å². The van der Waals surface area contributed by atoms with Crippen LogP contribution < -0.4 is 22.1 Å². The molecule has 0 aliphatic heterocycles. The van der Waals surface area contributed by atoms with Crippen LogP contribution in [0.2, 0.25) is 10.0 Å². The number of carboxylic acids is 2. The quantitative estimate of drug-likeness (QED) is 0.221. The summed E-state index contributed by atoms with van der Waals surface area (Å²) in [6, 6.07) is 5.78. The second-order valence-electron chi connectivity index (χ2n) is 5.95. The highest BCUT2D eigenvalue weighted by Crippen LogP contribution is 2.30. The summed E-state index contributed by atoms with van der Waals surface area (Å²) in [5, 5.41) is 21.8. The average molecular weight is 509 g/mol. The van der Waals surface area contributed by atoms with Crippen LogP contribution >= 0.6 is 23.2 Å². The van der Waals surface area contributed by atoms with E-state index in [0.717, 1.165) is 6.07 Å². The standard InChI is InChI=1S/C11H11Cl2N3O5.C6H7NO3S/c12-4-1-5(9(17)18)8(13)7(2-4)16-11(21)15-3-6(14)10(19)20;7-5-2-1-3-6(4-5)11(8,9)10/h1-2,6H,3,14H2,(H,17,18)(H,19,20)(H2,15,16,21);1-4H,7H2,(H,8,9,10)/t6-;/m0./s1. The number of nitrogens with two attached hydrogens (primary N) is 2. The molecular formula is C17H18Cl2N4O8S. The monoisotopic (exact) mass is 508 g/mol. The molecule has 0 saturated carbocycles. The molecule has 12 nitrogen and oxygen atoms in total. The Bertz CT molecular complexity index is 1130. The third-order valence-electron chi connectivity index (χ3n) is 3.47. The fourth-order valence-corrected chi connectivity index (χ4v) is 2.96. The molecular weight excluding hydrogens is 491 g/mol. The number of carbonyl (C=O) groups is 3. The first kappa shape index (κ1) is 26.9. The van der Waals surface area contributed by atoms with Crippen molar-refractivity contribution in [2.24, 2.45) is 5.73 Å². The minimum atomic E-state index is -4.11. The molecule has 32 heavy (non-hydrogen) atoms. The van der Waals surface area contributed by atoms with Crippen LogP contribution in [0.5, 0.6) is 0 Å². The molecule has 174 valence electrons. The molecule has 0 aliphatic carbocycles. The molecule has 0 spiro atoms. The van der Waals surface area contributed by atoms with Crippen molar-refractivity contribution in [3.8, 4) is 0 Å². The van der Waals surface area contributed by atoms with Gasteiger partial charge >= 0.3 is 18.0 Å². The zero-order chi connectivity index (χ0) is 24.6. The molecule has 0 saturated heterocycles. The van der Waals surface area contributed by atoms with Gasteiger partial charge in [0.15, 0.2) is 0 Å². The normalized spacial score (nSPS) is 11.5. The van der Waals surface area contributed by atoms with Crippen LogP contribution in [-0.2, 0) is 14.9 Å². The van der Waals surface area contributed by atoms with Gasteiger partial charge in [0.2, 0.25) is 0 Å². The molecule has 2 rings (SSSR count). The molecule has 0 heterocycles. The second-order valence-corrected chi connectivity index (χ2v) is 8.18. The zero-order valence-corrected chi connectivity index (χ0v) is 18.3. The predicted molar refractivity (Wildman–Crippen MR) is 117 cm³/mol. The maximum Gasteiger partial charge on any atom is 0.337 e. The maximum absolute atomic E-state index is 11.6.